The van der Waals surface area contributed by atoms with Crippen LogP contribution in [0.1, 0.15) is 19.3 Å². The van der Waals surface area contributed by atoms with Gasteiger partial charge in [-0.3, -0.25) is 0 Å². The Kier molecular flexibility index (Phi) is 4.96. The average Bonchev–Trinajstić information content (AvgIpc) is 2.95. The van der Waals surface area contributed by atoms with E-state index in [9.17, 15) is 13.2 Å². The summed E-state index contributed by atoms with van der Waals surface area (Å²) in [4.78, 5) is 2.10. The molecule has 2 fully saturated rings. The minimum Gasteiger partial charge on any atom is -0.406 e. The van der Waals surface area contributed by atoms with E-state index in [1.165, 1.54) is 12.1 Å². The number of nitrogens with one attached hydrogen (secondary N) is 1. The summed E-state index contributed by atoms with van der Waals surface area (Å²) >= 11 is 0. The van der Waals surface area contributed by atoms with Crippen molar-refractivity contribution in [3.05, 3.63) is 24.3 Å². The molecule has 2 aliphatic rings. The molecule has 0 aliphatic carbocycles. The molecule has 1 unspecified atom stereocenters. The fourth-order valence-electron chi connectivity index (χ4n) is 3.21. The number of halogens is 3. The topological polar surface area (TPSA) is 33.7 Å². The fraction of sp³-hybridized carbons (Fsp3) is 0.625. The first-order valence-electron chi connectivity index (χ1n) is 7.94. The number of hydrogen-bond donors (Lipinski definition) is 1. The van der Waals surface area contributed by atoms with Gasteiger partial charge in [0, 0.05) is 50.1 Å². The van der Waals surface area contributed by atoms with Crippen LogP contribution >= 0.6 is 0 Å². The predicted molar refractivity (Wildman–Crippen MR) is 80.7 cm³/mol. The predicted octanol–water partition coefficient (Wildman–Crippen LogP) is 2.93. The molecule has 1 N–H and O–H groups in total. The van der Waals surface area contributed by atoms with Crippen LogP contribution in [0.25, 0.3) is 0 Å². The zero-order valence-electron chi connectivity index (χ0n) is 12.8. The molecule has 0 amide bonds. The second-order valence-electron chi connectivity index (χ2n) is 6.03. The third-order valence-corrected chi connectivity index (χ3v) is 4.30. The minimum absolute atomic E-state index is 0.171. The summed E-state index contributed by atoms with van der Waals surface area (Å²) in [6.07, 6.45) is -1.63. The lowest BCUT2D eigenvalue weighted by Gasteiger charge is -2.27. The van der Waals surface area contributed by atoms with E-state index in [1.807, 2.05) is 6.07 Å². The first-order valence-corrected chi connectivity index (χ1v) is 7.94. The Balaban J connectivity index is 1.57. The van der Waals surface area contributed by atoms with Gasteiger partial charge in [-0.15, -0.1) is 13.2 Å². The molecule has 2 heterocycles. The van der Waals surface area contributed by atoms with E-state index in [1.54, 1.807) is 6.07 Å². The number of benzene rings is 1. The van der Waals surface area contributed by atoms with Crippen molar-refractivity contribution < 1.29 is 22.6 Å². The highest BCUT2D eigenvalue weighted by Crippen LogP contribution is 2.28. The van der Waals surface area contributed by atoms with Crippen LogP contribution in [-0.4, -0.2) is 44.7 Å². The van der Waals surface area contributed by atoms with Crippen LogP contribution in [0, 0.1) is 0 Å². The Bertz CT molecular complexity index is 518. The summed E-state index contributed by atoms with van der Waals surface area (Å²) in [5.41, 5.74) is 0.767. The molecule has 1 atom stereocenters. The van der Waals surface area contributed by atoms with Gasteiger partial charge in [0.2, 0.25) is 0 Å². The van der Waals surface area contributed by atoms with Crippen molar-refractivity contribution in [2.75, 3.05) is 31.2 Å². The Morgan fingerprint density at radius 1 is 1.13 bits per heavy atom. The van der Waals surface area contributed by atoms with Crippen LogP contribution in [0.5, 0.6) is 5.75 Å². The van der Waals surface area contributed by atoms with E-state index < -0.39 is 6.36 Å². The third-order valence-electron chi connectivity index (χ3n) is 4.30. The smallest absolute Gasteiger partial charge is 0.406 e. The first kappa shape index (κ1) is 16.4. The number of nitrogens with zero attached hydrogens (tertiary/aromatic N) is 1. The largest absolute Gasteiger partial charge is 0.573 e. The van der Waals surface area contributed by atoms with Crippen molar-refractivity contribution in [1.29, 1.82) is 0 Å². The molecule has 2 aliphatic heterocycles. The van der Waals surface area contributed by atoms with E-state index in [4.69, 9.17) is 4.74 Å². The van der Waals surface area contributed by atoms with Crippen molar-refractivity contribution in [3.63, 3.8) is 0 Å². The molecule has 1 aromatic carbocycles. The molecule has 2 saturated heterocycles. The van der Waals surface area contributed by atoms with Crippen molar-refractivity contribution in [3.8, 4) is 5.75 Å². The maximum Gasteiger partial charge on any atom is 0.573 e. The third kappa shape index (κ3) is 4.75. The van der Waals surface area contributed by atoms with Crippen molar-refractivity contribution in [2.45, 2.75) is 37.7 Å². The van der Waals surface area contributed by atoms with E-state index in [0.717, 1.165) is 51.3 Å². The average molecular weight is 330 g/mol. The van der Waals surface area contributed by atoms with Crippen molar-refractivity contribution in [2.24, 2.45) is 0 Å². The van der Waals surface area contributed by atoms with Crippen LogP contribution in [0.15, 0.2) is 24.3 Å². The van der Waals surface area contributed by atoms with Crippen LogP contribution < -0.4 is 15.0 Å². The molecule has 7 heteroatoms. The number of alkyl halides is 3. The van der Waals surface area contributed by atoms with Gasteiger partial charge in [0.15, 0.2) is 0 Å². The number of anilines is 1. The minimum atomic E-state index is -4.66. The summed E-state index contributed by atoms with van der Waals surface area (Å²) in [7, 11) is 0. The molecule has 3 rings (SSSR count). The van der Waals surface area contributed by atoms with E-state index in [0.29, 0.717) is 12.1 Å². The number of rotatable bonds is 4. The monoisotopic (exact) mass is 330 g/mol. The highest BCUT2D eigenvalue weighted by Gasteiger charge is 2.31. The standard InChI is InChI=1S/C16H21F3N2O2/c17-16(18,19)23-15-3-1-2-14(10-15)21-7-4-13(11-21)20-12-5-8-22-9-6-12/h1-3,10,12-13,20H,4-9,11H2. The molecule has 128 valence electrons. The van der Waals surface area contributed by atoms with Gasteiger partial charge in [-0.1, -0.05) is 6.07 Å². The van der Waals surface area contributed by atoms with Crippen LogP contribution in [0.4, 0.5) is 18.9 Å². The summed E-state index contributed by atoms with van der Waals surface area (Å²) in [6, 6.07) is 7.03. The lowest BCUT2D eigenvalue weighted by atomic mass is 10.1. The van der Waals surface area contributed by atoms with Gasteiger partial charge in [0.05, 0.1) is 0 Å². The first-order chi connectivity index (χ1) is 11.0. The summed E-state index contributed by atoms with van der Waals surface area (Å²) in [5.74, 6) is -0.171. The molecule has 4 nitrogen and oxygen atoms in total. The Labute approximate surface area is 133 Å². The normalized spacial score (nSPS) is 23.3. The second-order valence-corrected chi connectivity index (χ2v) is 6.03. The lowest BCUT2D eigenvalue weighted by Crippen LogP contribution is -2.42. The summed E-state index contributed by atoms with van der Waals surface area (Å²) in [6.45, 7) is 3.22. The van der Waals surface area contributed by atoms with Gasteiger partial charge >= 0.3 is 6.36 Å². The molecule has 0 saturated carbocycles. The quantitative estimate of drug-likeness (QED) is 0.920. The van der Waals surface area contributed by atoms with Crippen molar-refractivity contribution >= 4 is 5.69 Å². The molecule has 0 radical (unpaired) electrons. The van der Waals surface area contributed by atoms with E-state index >= 15 is 0 Å². The number of hydrogen-bond acceptors (Lipinski definition) is 4. The molecule has 23 heavy (non-hydrogen) atoms. The SMILES string of the molecule is FC(F)(F)Oc1cccc(N2CCC(NC3CCOCC3)C2)c1. The van der Waals surface area contributed by atoms with Crippen molar-refractivity contribution in [1.82, 2.24) is 5.32 Å². The van der Waals surface area contributed by atoms with Gasteiger partial charge in [0.1, 0.15) is 5.75 Å². The van der Waals surface area contributed by atoms with Gasteiger partial charge < -0.3 is 19.7 Å². The number of ether oxygens (including phenoxy) is 2. The van der Waals surface area contributed by atoms with E-state index in [-0.39, 0.29) is 5.75 Å². The molecular formula is C16H21F3N2O2. The maximum absolute atomic E-state index is 12.3. The van der Waals surface area contributed by atoms with Crippen LogP contribution in [-0.2, 0) is 4.74 Å². The zero-order chi connectivity index (χ0) is 16.3. The zero-order valence-corrected chi connectivity index (χ0v) is 12.8. The van der Waals surface area contributed by atoms with Gasteiger partial charge in [-0.25, -0.2) is 0 Å². The molecule has 0 aromatic heterocycles. The molecule has 0 bridgehead atoms. The molecule has 0 spiro atoms. The van der Waals surface area contributed by atoms with Crippen LogP contribution in [0.2, 0.25) is 0 Å². The van der Waals surface area contributed by atoms with Crippen LogP contribution in [0.3, 0.4) is 0 Å². The highest BCUT2D eigenvalue weighted by atomic mass is 19.4. The molecular weight excluding hydrogens is 309 g/mol. The second kappa shape index (κ2) is 6.97. The Morgan fingerprint density at radius 3 is 2.65 bits per heavy atom. The Hall–Kier alpha value is -1.47. The Morgan fingerprint density at radius 2 is 1.91 bits per heavy atom. The highest BCUT2D eigenvalue weighted by molar-refractivity contribution is 5.51. The van der Waals surface area contributed by atoms with Gasteiger partial charge in [0.25, 0.3) is 0 Å². The van der Waals surface area contributed by atoms with E-state index in [2.05, 4.69) is 15.0 Å². The van der Waals surface area contributed by atoms with Gasteiger partial charge in [-0.05, 0) is 31.4 Å². The summed E-state index contributed by atoms with van der Waals surface area (Å²) in [5, 5.41) is 3.64. The van der Waals surface area contributed by atoms with Gasteiger partial charge in [-0.2, -0.15) is 0 Å². The molecule has 1 aromatic rings. The fourth-order valence-corrected chi connectivity index (χ4v) is 3.21. The maximum atomic E-state index is 12.3. The summed E-state index contributed by atoms with van der Waals surface area (Å²) < 4.78 is 46.3. The lowest BCUT2D eigenvalue weighted by molar-refractivity contribution is -0.274.